The van der Waals surface area contributed by atoms with E-state index >= 15 is 0 Å². The molecule has 2 nitrogen and oxygen atoms in total. The summed E-state index contributed by atoms with van der Waals surface area (Å²) in [6, 6.07) is 0. The molecule has 13 heavy (non-hydrogen) atoms. The molecule has 0 aromatic carbocycles. The normalized spacial score (nSPS) is 28.4. The Balaban J connectivity index is 2.14. The van der Waals surface area contributed by atoms with E-state index in [4.69, 9.17) is 5.73 Å². The highest BCUT2D eigenvalue weighted by Gasteiger charge is 2.19. The van der Waals surface area contributed by atoms with Gasteiger partial charge in [-0.2, -0.15) is 0 Å². The Morgan fingerprint density at radius 1 is 1.31 bits per heavy atom. The largest absolute Gasteiger partial charge is 0.386 e. The van der Waals surface area contributed by atoms with Gasteiger partial charge in [-0.3, -0.25) is 0 Å². The lowest BCUT2D eigenvalue weighted by Crippen LogP contribution is -2.28. The lowest BCUT2D eigenvalue weighted by atomic mass is 9.81. The van der Waals surface area contributed by atoms with Crippen molar-refractivity contribution in [1.82, 2.24) is 5.32 Å². The molecule has 0 heterocycles. The van der Waals surface area contributed by atoms with Gasteiger partial charge in [-0.15, -0.1) is 0 Å². The van der Waals surface area contributed by atoms with Crippen molar-refractivity contribution < 1.29 is 0 Å². The van der Waals surface area contributed by atoms with Crippen molar-refractivity contribution >= 4 is 0 Å². The summed E-state index contributed by atoms with van der Waals surface area (Å²) in [6.45, 7) is 6.95. The van der Waals surface area contributed by atoms with E-state index in [0.29, 0.717) is 5.82 Å². The second-order valence-electron chi connectivity index (χ2n) is 4.20. The molecule has 0 unspecified atom stereocenters. The third-order valence-corrected chi connectivity index (χ3v) is 3.16. The maximum absolute atomic E-state index is 5.46. The zero-order valence-electron chi connectivity index (χ0n) is 8.68. The smallest absolute Gasteiger partial charge is 0.0885 e. The van der Waals surface area contributed by atoms with E-state index in [1.165, 1.54) is 32.1 Å². The average molecular weight is 182 g/mol. The van der Waals surface area contributed by atoms with Gasteiger partial charge in [-0.1, -0.05) is 32.8 Å². The molecule has 0 atom stereocenters. The van der Waals surface area contributed by atoms with Gasteiger partial charge in [0.2, 0.25) is 0 Å². The van der Waals surface area contributed by atoms with E-state index in [-0.39, 0.29) is 0 Å². The molecule has 0 aromatic rings. The summed E-state index contributed by atoms with van der Waals surface area (Å²) in [5.74, 6) is 2.41. The third kappa shape index (κ3) is 3.71. The Kier molecular flexibility index (Phi) is 4.13. The zero-order chi connectivity index (χ0) is 9.68. The van der Waals surface area contributed by atoms with Crippen molar-refractivity contribution in [2.75, 3.05) is 6.54 Å². The molecule has 1 aliphatic rings. The molecular formula is C11H22N2. The number of nitrogens with one attached hydrogen (secondary N) is 1. The number of hydrogen-bond donors (Lipinski definition) is 2. The molecule has 0 amide bonds. The minimum absolute atomic E-state index is 0.609. The van der Waals surface area contributed by atoms with Crippen molar-refractivity contribution in [3.8, 4) is 0 Å². The Hall–Kier alpha value is -0.660. The lowest BCUT2D eigenvalue weighted by molar-refractivity contribution is 0.266. The Bertz CT molecular complexity index is 157. The highest BCUT2D eigenvalue weighted by Crippen LogP contribution is 2.29. The molecule has 2 heteroatoms. The van der Waals surface area contributed by atoms with E-state index < -0.39 is 0 Å². The van der Waals surface area contributed by atoms with Crippen LogP contribution in [0.25, 0.3) is 0 Å². The Morgan fingerprint density at radius 3 is 2.31 bits per heavy atom. The molecule has 0 aromatic heterocycles. The summed E-state index contributed by atoms with van der Waals surface area (Å²) >= 11 is 0. The predicted octanol–water partition coefficient (Wildman–Crippen LogP) is 2.22. The highest BCUT2D eigenvalue weighted by molar-refractivity contribution is 4.84. The van der Waals surface area contributed by atoms with E-state index in [0.717, 1.165) is 18.4 Å². The van der Waals surface area contributed by atoms with Crippen LogP contribution in [-0.4, -0.2) is 6.54 Å². The van der Waals surface area contributed by atoms with Gasteiger partial charge < -0.3 is 11.1 Å². The summed E-state index contributed by atoms with van der Waals surface area (Å²) in [5, 5.41) is 3.13. The summed E-state index contributed by atoms with van der Waals surface area (Å²) in [4.78, 5) is 0. The molecule has 1 saturated carbocycles. The minimum Gasteiger partial charge on any atom is -0.386 e. The molecule has 0 spiro atoms. The van der Waals surface area contributed by atoms with E-state index in [9.17, 15) is 0 Å². The minimum atomic E-state index is 0.609. The Labute approximate surface area is 81.6 Å². The van der Waals surface area contributed by atoms with E-state index in [2.05, 4.69) is 18.8 Å². The van der Waals surface area contributed by atoms with Crippen LogP contribution in [0.3, 0.4) is 0 Å². The van der Waals surface area contributed by atoms with Crippen LogP contribution in [0.2, 0.25) is 0 Å². The van der Waals surface area contributed by atoms with Gasteiger partial charge >= 0.3 is 0 Å². The third-order valence-electron chi connectivity index (χ3n) is 3.16. The van der Waals surface area contributed by atoms with Crippen molar-refractivity contribution in [2.24, 2.45) is 17.6 Å². The second kappa shape index (κ2) is 5.15. The number of nitrogens with two attached hydrogens (primary N) is 1. The van der Waals surface area contributed by atoms with Crippen LogP contribution in [-0.2, 0) is 0 Å². The molecule has 0 aliphatic heterocycles. The molecule has 1 fully saturated rings. The maximum Gasteiger partial charge on any atom is 0.0885 e. The topological polar surface area (TPSA) is 38.0 Å². The summed E-state index contributed by atoms with van der Waals surface area (Å²) in [7, 11) is 0. The van der Waals surface area contributed by atoms with Crippen LogP contribution >= 0.6 is 0 Å². The molecule has 0 bridgehead atoms. The first-order chi connectivity index (χ1) is 6.22. The van der Waals surface area contributed by atoms with Crippen LogP contribution in [0.4, 0.5) is 0 Å². The zero-order valence-corrected chi connectivity index (χ0v) is 8.68. The van der Waals surface area contributed by atoms with E-state index in [1.807, 2.05) is 0 Å². The van der Waals surface area contributed by atoms with Gasteiger partial charge in [0, 0.05) is 6.54 Å². The van der Waals surface area contributed by atoms with Crippen molar-refractivity contribution in [3.63, 3.8) is 0 Å². The standard InChI is InChI=1S/C11H22N2/c1-3-10-4-6-11(7-5-10)8-13-9(2)12/h10-11,13H,2-8,12H2,1H3. The second-order valence-corrected chi connectivity index (χ2v) is 4.20. The SMILES string of the molecule is C=C(N)NCC1CCC(CC)CC1. The van der Waals surface area contributed by atoms with Crippen molar-refractivity contribution in [3.05, 3.63) is 12.4 Å². The lowest BCUT2D eigenvalue weighted by Gasteiger charge is -2.28. The highest BCUT2D eigenvalue weighted by atomic mass is 15.0. The fraction of sp³-hybridized carbons (Fsp3) is 0.818. The molecule has 1 rings (SSSR count). The fourth-order valence-corrected chi connectivity index (χ4v) is 2.12. The van der Waals surface area contributed by atoms with Gasteiger partial charge in [-0.25, -0.2) is 0 Å². The van der Waals surface area contributed by atoms with Crippen molar-refractivity contribution in [2.45, 2.75) is 39.0 Å². The van der Waals surface area contributed by atoms with Gasteiger partial charge in [0.1, 0.15) is 0 Å². The predicted molar refractivity (Wildman–Crippen MR) is 57.1 cm³/mol. The summed E-state index contributed by atoms with van der Waals surface area (Å²) in [6.07, 6.45) is 6.88. The average Bonchev–Trinajstić information content (AvgIpc) is 2.15. The summed E-state index contributed by atoms with van der Waals surface area (Å²) < 4.78 is 0. The monoisotopic (exact) mass is 182 g/mol. The van der Waals surface area contributed by atoms with Crippen LogP contribution in [0.5, 0.6) is 0 Å². The van der Waals surface area contributed by atoms with Gasteiger partial charge in [-0.05, 0) is 24.7 Å². The molecule has 1 aliphatic carbocycles. The molecule has 0 radical (unpaired) electrons. The molecule has 0 saturated heterocycles. The van der Waals surface area contributed by atoms with Crippen LogP contribution < -0.4 is 11.1 Å². The maximum atomic E-state index is 5.46. The molecule has 76 valence electrons. The van der Waals surface area contributed by atoms with Crippen molar-refractivity contribution in [1.29, 1.82) is 0 Å². The first-order valence-corrected chi connectivity index (χ1v) is 5.40. The quantitative estimate of drug-likeness (QED) is 0.699. The van der Waals surface area contributed by atoms with E-state index in [1.54, 1.807) is 0 Å². The fourth-order valence-electron chi connectivity index (χ4n) is 2.12. The molecule has 3 N–H and O–H groups in total. The van der Waals surface area contributed by atoms with Crippen LogP contribution in [0, 0.1) is 11.8 Å². The molecular weight excluding hydrogens is 160 g/mol. The number of hydrogen-bond acceptors (Lipinski definition) is 2. The van der Waals surface area contributed by atoms with Gasteiger partial charge in [0.15, 0.2) is 0 Å². The van der Waals surface area contributed by atoms with Gasteiger partial charge in [0.25, 0.3) is 0 Å². The summed E-state index contributed by atoms with van der Waals surface area (Å²) in [5.41, 5.74) is 5.46. The Morgan fingerprint density at radius 2 is 1.85 bits per heavy atom. The first-order valence-electron chi connectivity index (χ1n) is 5.40. The number of rotatable bonds is 4. The van der Waals surface area contributed by atoms with Crippen LogP contribution in [0.15, 0.2) is 12.4 Å². The van der Waals surface area contributed by atoms with Gasteiger partial charge in [0.05, 0.1) is 5.82 Å². The first kappa shape index (κ1) is 10.4. The van der Waals surface area contributed by atoms with Crippen LogP contribution in [0.1, 0.15) is 39.0 Å².